The molecule has 2 saturated heterocycles. The Bertz CT molecular complexity index is 1620. The lowest BCUT2D eigenvalue weighted by atomic mass is 9.84. The SMILES string of the molecule is Cc1cc(-c2cc[nH+]cc2)cc(C)c1C(=O)N1CCC(C)(N2CCC(N(c3ccccc3)c3ccc(C(F)(F)F)nc3)CC2)CC1. The van der Waals surface area contributed by atoms with Crippen molar-refractivity contribution < 1.29 is 22.9 Å². The number of alkyl halides is 3. The molecule has 1 N–H and O–H groups in total. The van der Waals surface area contributed by atoms with Crippen LogP contribution in [0.3, 0.4) is 0 Å². The Morgan fingerprint density at radius 3 is 2.07 bits per heavy atom. The number of nitrogens with zero attached hydrogens (tertiary/aromatic N) is 4. The van der Waals surface area contributed by atoms with Gasteiger partial charge < -0.3 is 9.80 Å². The summed E-state index contributed by atoms with van der Waals surface area (Å²) in [6, 6.07) is 20.8. The molecule has 2 aromatic heterocycles. The minimum atomic E-state index is -4.47. The van der Waals surface area contributed by atoms with Crippen LogP contribution in [0.1, 0.15) is 59.8 Å². The highest BCUT2D eigenvalue weighted by Gasteiger charge is 2.40. The molecule has 0 spiro atoms. The number of aryl methyl sites for hydroxylation is 2. The Labute approximate surface area is 268 Å². The van der Waals surface area contributed by atoms with Gasteiger partial charge in [-0.05, 0) is 93.0 Å². The number of anilines is 2. The number of likely N-dealkylation sites (tertiary alicyclic amines) is 2. The zero-order valence-corrected chi connectivity index (χ0v) is 26.6. The second-order valence-electron chi connectivity index (χ2n) is 12.9. The van der Waals surface area contributed by atoms with Crippen LogP contribution in [0.4, 0.5) is 24.5 Å². The zero-order valence-electron chi connectivity index (χ0n) is 26.6. The second kappa shape index (κ2) is 12.9. The lowest BCUT2D eigenvalue weighted by Gasteiger charge is -2.50. The molecule has 0 unspecified atom stereocenters. The third-order valence-electron chi connectivity index (χ3n) is 9.87. The molecule has 0 aliphatic carbocycles. The highest BCUT2D eigenvalue weighted by atomic mass is 19.4. The van der Waals surface area contributed by atoms with Gasteiger partial charge in [0.25, 0.3) is 5.91 Å². The van der Waals surface area contributed by atoms with Crippen LogP contribution in [0.25, 0.3) is 11.1 Å². The number of amides is 1. The summed E-state index contributed by atoms with van der Waals surface area (Å²) < 4.78 is 39.6. The van der Waals surface area contributed by atoms with Gasteiger partial charge in [0.15, 0.2) is 12.4 Å². The number of rotatable bonds is 6. The van der Waals surface area contributed by atoms with Crippen LogP contribution < -0.4 is 9.88 Å². The molecule has 0 saturated carbocycles. The third kappa shape index (κ3) is 6.51. The van der Waals surface area contributed by atoms with E-state index in [1.54, 1.807) is 0 Å². The molecule has 6 rings (SSSR count). The number of aromatic nitrogens is 2. The molecule has 2 aliphatic rings. The van der Waals surface area contributed by atoms with Crippen molar-refractivity contribution >= 4 is 17.3 Å². The largest absolute Gasteiger partial charge is 0.433 e. The van der Waals surface area contributed by atoms with Crippen LogP contribution in [0, 0.1) is 13.8 Å². The van der Waals surface area contributed by atoms with E-state index in [0.717, 1.165) is 78.3 Å². The second-order valence-corrected chi connectivity index (χ2v) is 12.9. The number of piperidine rings is 2. The van der Waals surface area contributed by atoms with E-state index >= 15 is 0 Å². The summed E-state index contributed by atoms with van der Waals surface area (Å²) in [5.41, 5.74) is 5.72. The van der Waals surface area contributed by atoms with E-state index in [4.69, 9.17) is 0 Å². The van der Waals surface area contributed by atoms with Gasteiger partial charge in [-0.1, -0.05) is 30.3 Å². The third-order valence-corrected chi connectivity index (χ3v) is 9.87. The molecule has 2 aliphatic heterocycles. The van der Waals surface area contributed by atoms with Gasteiger partial charge >= 0.3 is 6.18 Å². The van der Waals surface area contributed by atoms with Crippen LogP contribution in [-0.4, -0.2) is 58.5 Å². The van der Waals surface area contributed by atoms with Gasteiger partial charge in [0.2, 0.25) is 0 Å². The molecule has 240 valence electrons. The monoisotopic (exact) mass is 628 g/mol. The van der Waals surface area contributed by atoms with Gasteiger partial charge in [0.1, 0.15) is 5.69 Å². The van der Waals surface area contributed by atoms with Crippen molar-refractivity contribution in [3.63, 3.8) is 0 Å². The van der Waals surface area contributed by atoms with Crippen molar-refractivity contribution in [2.24, 2.45) is 0 Å². The molecule has 9 heteroatoms. The van der Waals surface area contributed by atoms with Gasteiger partial charge in [0.05, 0.1) is 11.9 Å². The van der Waals surface area contributed by atoms with Gasteiger partial charge in [-0.2, -0.15) is 13.2 Å². The van der Waals surface area contributed by atoms with Gasteiger partial charge in [-0.15, -0.1) is 0 Å². The van der Waals surface area contributed by atoms with Gasteiger partial charge in [0, 0.05) is 61.1 Å². The van der Waals surface area contributed by atoms with E-state index in [9.17, 15) is 18.0 Å². The molecule has 46 heavy (non-hydrogen) atoms. The van der Waals surface area contributed by atoms with E-state index in [0.29, 0.717) is 18.8 Å². The Hall–Kier alpha value is -4.24. The maximum absolute atomic E-state index is 13.8. The number of para-hydroxylation sites is 1. The maximum Gasteiger partial charge on any atom is 0.433 e. The van der Waals surface area contributed by atoms with Gasteiger partial charge in [-0.3, -0.25) is 9.69 Å². The summed E-state index contributed by atoms with van der Waals surface area (Å²) >= 11 is 0. The topological polar surface area (TPSA) is 53.8 Å². The molecule has 0 atom stereocenters. The zero-order chi connectivity index (χ0) is 32.5. The maximum atomic E-state index is 13.8. The van der Waals surface area contributed by atoms with Crippen molar-refractivity contribution in [3.05, 3.63) is 108 Å². The first-order valence-electron chi connectivity index (χ1n) is 16.0. The summed E-state index contributed by atoms with van der Waals surface area (Å²) in [5.74, 6) is 0.104. The van der Waals surface area contributed by atoms with Crippen LogP contribution in [0.2, 0.25) is 0 Å². The number of pyridine rings is 2. The Morgan fingerprint density at radius 2 is 1.50 bits per heavy atom. The molecule has 1 amide bonds. The highest BCUT2D eigenvalue weighted by molar-refractivity contribution is 5.98. The number of hydrogen-bond donors (Lipinski definition) is 0. The summed E-state index contributed by atoms with van der Waals surface area (Å²) in [6.07, 6.45) is 4.21. The Kier molecular flexibility index (Phi) is 8.88. The van der Waals surface area contributed by atoms with E-state index in [2.05, 4.69) is 38.8 Å². The van der Waals surface area contributed by atoms with E-state index < -0.39 is 11.9 Å². The van der Waals surface area contributed by atoms with E-state index in [1.807, 2.05) is 73.6 Å². The number of H-pyrrole nitrogens is 1. The fraction of sp³-hybridized carbons (Fsp3) is 0.378. The Balaban J connectivity index is 1.11. The van der Waals surface area contributed by atoms with Crippen molar-refractivity contribution in [3.8, 4) is 11.1 Å². The van der Waals surface area contributed by atoms with Crippen LogP contribution in [0.15, 0.2) is 85.3 Å². The standard InChI is InChI=1S/C37H40F3N5O/c1-26-23-29(28-11-17-41-18-12-28)24-27(2)34(26)35(46)43-21-15-36(3,16-22-43)44-19-13-31(14-20-44)45(30-7-5-4-6-8-30)32-9-10-33(42-25-32)37(38,39)40/h4-12,17-18,23-25,31H,13-16,19-22H2,1-3H3/p+1. The predicted octanol–water partition coefficient (Wildman–Crippen LogP) is 7.50. The normalized spacial score (nSPS) is 17.6. The number of hydrogen-bond acceptors (Lipinski definition) is 4. The molecule has 4 aromatic rings. The number of carbonyl (C=O) groups is 1. The van der Waals surface area contributed by atoms with Crippen LogP contribution in [-0.2, 0) is 6.18 Å². The van der Waals surface area contributed by atoms with Crippen molar-refractivity contribution in [1.29, 1.82) is 0 Å². The van der Waals surface area contributed by atoms with E-state index in [-0.39, 0.29) is 17.5 Å². The van der Waals surface area contributed by atoms with Crippen molar-refractivity contribution in [1.82, 2.24) is 14.8 Å². The van der Waals surface area contributed by atoms with Crippen LogP contribution in [0.5, 0.6) is 0 Å². The van der Waals surface area contributed by atoms with Crippen molar-refractivity contribution in [2.75, 3.05) is 31.1 Å². The Morgan fingerprint density at radius 1 is 0.870 bits per heavy atom. The lowest BCUT2D eigenvalue weighted by Crippen LogP contribution is -2.57. The summed E-state index contributed by atoms with van der Waals surface area (Å²) in [6.45, 7) is 9.53. The average Bonchev–Trinajstić information content (AvgIpc) is 3.06. The minimum absolute atomic E-state index is 0.0203. The first-order chi connectivity index (χ1) is 22.0. The highest BCUT2D eigenvalue weighted by Crippen LogP contribution is 2.37. The first kappa shape index (κ1) is 31.7. The fourth-order valence-electron chi connectivity index (χ4n) is 7.23. The molecule has 0 radical (unpaired) electrons. The predicted molar refractivity (Wildman–Crippen MR) is 174 cm³/mol. The molecule has 0 bridgehead atoms. The smallest absolute Gasteiger partial charge is 0.338 e. The molecular weight excluding hydrogens is 587 g/mol. The fourth-order valence-corrected chi connectivity index (χ4v) is 7.23. The first-order valence-corrected chi connectivity index (χ1v) is 16.0. The molecule has 2 aromatic carbocycles. The lowest BCUT2D eigenvalue weighted by molar-refractivity contribution is -0.377. The molecule has 6 nitrogen and oxygen atoms in total. The minimum Gasteiger partial charge on any atom is -0.338 e. The number of aromatic amines is 1. The number of benzene rings is 2. The van der Waals surface area contributed by atoms with Gasteiger partial charge in [-0.25, -0.2) is 9.97 Å². The van der Waals surface area contributed by atoms with E-state index in [1.165, 1.54) is 12.3 Å². The number of carbonyl (C=O) groups excluding carboxylic acids is 1. The van der Waals surface area contributed by atoms with Crippen molar-refractivity contribution in [2.45, 2.75) is 64.2 Å². The van der Waals surface area contributed by atoms with Crippen LogP contribution >= 0.6 is 0 Å². The average molecular weight is 629 g/mol. The molecule has 2 fully saturated rings. The molecular formula is C37H41F3N5O+. The number of nitrogens with one attached hydrogen (secondary N) is 1. The number of halogens is 3. The molecule has 4 heterocycles. The summed E-state index contributed by atoms with van der Waals surface area (Å²) in [4.78, 5) is 27.3. The summed E-state index contributed by atoms with van der Waals surface area (Å²) in [7, 11) is 0. The summed E-state index contributed by atoms with van der Waals surface area (Å²) in [5, 5.41) is 0. The quantitative estimate of drug-likeness (QED) is 0.222.